The van der Waals surface area contributed by atoms with Gasteiger partial charge in [0, 0.05) is 11.7 Å². The SMILES string of the molecule is COC(=O)c1ccc(Cl)c(NC(=O)CN2c3ccccc3CC2C)c1. The third kappa shape index (κ3) is 3.61. The van der Waals surface area contributed by atoms with Gasteiger partial charge in [0.15, 0.2) is 0 Å². The quantitative estimate of drug-likeness (QED) is 0.850. The van der Waals surface area contributed by atoms with Gasteiger partial charge in [-0.25, -0.2) is 4.79 Å². The molecule has 1 atom stereocenters. The minimum Gasteiger partial charge on any atom is -0.465 e. The van der Waals surface area contributed by atoms with Crippen LogP contribution in [-0.4, -0.2) is 31.6 Å². The van der Waals surface area contributed by atoms with Crippen LogP contribution in [0.4, 0.5) is 11.4 Å². The van der Waals surface area contributed by atoms with Crippen molar-refractivity contribution in [3.05, 3.63) is 58.6 Å². The van der Waals surface area contributed by atoms with Crippen LogP contribution >= 0.6 is 11.6 Å². The molecule has 0 fully saturated rings. The Labute approximate surface area is 151 Å². The van der Waals surface area contributed by atoms with Crippen LogP contribution in [0, 0.1) is 0 Å². The number of hydrogen-bond acceptors (Lipinski definition) is 4. The van der Waals surface area contributed by atoms with Crippen LogP contribution in [0.5, 0.6) is 0 Å². The molecule has 0 aliphatic carbocycles. The number of halogens is 1. The molecule has 130 valence electrons. The summed E-state index contributed by atoms with van der Waals surface area (Å²) in [5.41, 5.74) is 3.06. The van der Waals surface area contributed by atoms with Crippen molar-refractivity contribution in [2.24, 2.45) is 0 Å². The smallest absolute Gasteiger partial charge is 0.337 e. The lowest BCUT2D eigenvalue weighted by Crippen LogP contribution is -2.37. The summed E-state index contributed by atoms with van der Waals surface area (Å²) >= 11 is 6.13. The lowest BCUT2D eigenvalue weighted by Gasteiger charge is -2.24. The summed E-state index contributed by atoms with van der Waals surface area (Å²) in [6.45, 7) is 2.31. The van der Waals surface area contributed by atoms with E-state index in [1.165, 1.54) is 18.7 Å². The highest BCUT2D eigenvalue weighted by molar-refractivity contribution is 6.33. The summed E-state index contributed by atoms with van der Waals surface area (Å²) in [5.74, 6) is -0.665. The van der Waals surface area contributed by atoms with Gasteiger partial charge in [-0.05, 0) is 43.2 Å². The van der Waals surface area contributed by atoms with Crippen molar-refractivity contribution in [1.29, 1.82) is 0 Å². The third-order valence-corrected chi connectivity index (χ3v) is 4.65. The average molecular weight is 359 g/mol. The highest BCUT2D eigenvalue weighted by atomic mass is 35.5. The number of benzene rings is 2. The number of fused-ring (bicyclic) bond motifs is 1. The van der Waals surface area contributed by atoms with Gasteiger partial charge in [-0.3, -0.25) is 4.79 Å². The summed E-state index contributed by atoms with van der Waals surface area (Å²) in [7, 11) is 1.31. The number of anilines is 2. The number of amides is 1. The summed E-state index contributed by atoms with van der Waals surface area (Å²) in [6.07, 6.45) is 0.919. The molecule has 0 aromatic heterocycles. The van der Waals surface area contributed by atoms with E-state index < -0.39 is 5.97 Å². The number of carbonyl (C=O) groups is 2. The largest absolute Gasteiger partial charge is 0.465 e. The minimum absolute atomic E-state index is 0.188. The molecule has 2 aromatic carbocycles. The molecule has 0 saturated heterocycles. The molecule has 0 radical (unpaired) electrons. The number of nitrogens with one attached hydrogen (secondary N) is 1. The van der Waals surface area contributed by atoms with Gasteiger partial charge in [0.1, 0.15) is 0 Å². The van der Waals surface area contributed by atoms with E-state index in [0.29, 0.717) is 16.3 Å². The van der Waals surface area contributed by atoms with Crippen LogP contribution in [0.15, 0.2) is 42.5 Å². The van der Waals surface area contributed by atoms with Gasteiger partial charge in [-0.1, -0.05) is 29.8 Å². The molecule has 0 spiro atoms. The summed E-state index contributed by atoms with van der Waals surface area (Å²) in [5, 5.41) is 3.16. The van der Waals surface area contributed by atoms with Crippen molar-refractivity contribution >= 4 is 34.9 Å². The Morgan fingerprint density at radius 2 is 2.04 bits per heavy atom. The number of esters is 1. The van der Waals surface area contributed by atoms with E-state index in [1.54, 1.807) is 12.1 Å². The second-order valence-electron chi connectivity index (χ2n) is 6.04. The monoisotopic (exact) mass is 358 g/mol. The number of methoxy groups -OCH3 is 1. The molecule has 5 nitrogen and oxygen atoms in total. The Morgan fingerprint density at radius 3 is 2.80 bits per heavy atom. The zero-order valence-electron chi connectivity index (χ0n) is 14.1. The summed E-state index contributed by atoms with van der Waals surface area (Å²) < 4.78 is 4.69. The molecule has 0 saturated carbocycles. The fourth-order valence-corrected chi connectivity index (χ4v) is 3.25. The Bertz CT molecular complexity index is 822. The van der Waals surface area contributed by atoms with E-state index in [4.69, 9.17) is 16.3 Å². The molecule has 0 bridgehead atoms. The van der Waals surface area contributed by atoms with Crippen LogP contribution in [-0.2, 0) is 16.0 Å². The van der Waals surface area contributed by atoms with E-state index in [0.717, 1.165) is 12.1 Å². The van der Waals surface area contributed by atoms with Crippen molar-refractivity contribution < 1.29 is 14.3 Å². The summed E-state index contributed by atoms with van der Waals surface area (Å²) in [6, 6.07) is 13.0. The normalized spacial score (nSPS) is 15.6. The van der Waals surface area contributed by atoms with Crippen molar-refractivity contribution in [2.75, 3.05) is 23.9 Å². The first kappa shape index (κ1) is 17.3. The Morgan fingerprint density at radius 1 is 1.28 bits per heavy atom. The van der Waals surface area contributed by atoms with Crippen LogP contribution in [0.25, 0.3) is 0 Å². The van der Waals surface area contributed by atoms with Crippen molar-refractivity contribution in [1.82, 2.24) is 0 Å². The molecule has 6 heteroatoms. The fraction of sp³-hybridized carbons (Fsp3) is 0.263. The fourth-order valence-electron chi connectivity index (χ4n) is 3.08. The molecular formula is C19H19ClN2O3. The van der Waals surface area contributed by atoms with E-state index in [9.17, 15) is 9.59 Å². The van der Waals surface area contributed by atoms with Gasteiger partial charge >= 0.3 is 5.97 Å². The number of hydrogen-bond donors (Lipinski definition) is 1. The van der Waals surface area contributed by atoms with Crippen LogP contribution in [0.3, 0.4) is 0 Å². The second-order valence-corrected chi connectivity index (χ2v) is 6.45. The number of ether oxygens (including phenoxy) is 1. The molecule has 3 rings (SSSR count). The van der Waals surface area contributed by atoms with Crippen LogP contribution < -0.4 is 10.2 Å². The highest BCUT2D eigenvalue weighted by Gasteiger charge is 2.27. The van der Waals surface area contributed by atoms with Crippen molar-refractivity contribution in [2.45, 2.75) is 19.4 Å². The molecule has 1 aliphatic heterocycles. The standard InChI is InChI=1S/C19H19ClN2O3/c1-12-9-13-5-3-4-6-17(13)22(12)11-18(23)21-16-10-14(19(24)25-2)7-8-15(16)20/h3-8,10,12H,9,11H2,1-2H3,(H,21,23). The second kappa shape index (κ2) is 7.15. The zero-order valence-corrected chi connectivity index (χ0v) is 14.8. The predicted octanol–water partition coefficient (Wildman–Crippen LogP) is 3.52. The van der Waals surface area contributed by atoms with Gasteiger partial charge in [-0.2, -0.15) is 0 Å². The van der Waals surface area contributed by atoms with Gasteiger partial charge in [-0.15, -0.1) is 0 Å². The molecule has 1 aliphatic rings. The Balaban J connectivity index is 1.74. The molecule has 1 amide bonds. The molecule has 1 heterocycles. The Hall–Kier alpha value is -2.53. The highest BCUT2D eigenvalue weighted by Crippen LogP contribution is 2.31. The van der Waals surface area contributed by atoms with Gasteiger partial charge in [0.25, 0.3) is 0 Å². The number of para-hydroxylation sites is 1. The first-order valence-corrected chi connectivity index (χ1v) is 8.39. The van der Waals surface area contributed by atoms with Crippen molar-refractivity contribution in [3.63, 3.8) is 0 Å². The first-order valence-electron chi connectivity index (χ1n) is 8.02. The average Bonchev–Trinajstić information content (AvgIpc) is 2.92. The van der Waals surface area contributed by atoms with E-state index in [2.05, 4.69) is 23.2 Å². The van der Waals surface area contributed by atoms with Gasteiger partial charge in [0.05, 0.1) is 29.9 Å². The lowest BCUT2D eigenvalue weighted by molar-refractivity contribution is -0.115. The Kier molecular flexibility index (Phi) is 4.95. The predicted molar refractivity (Wildman–Crippen MR) is 98.4 cm³/mol. The molecule has 1 unspecified atom stereocenters. The number of nitrogens with zero attached hydrogens (tertiary/aromatic N) is 1. The van der Waals surface area contributed by atoms with E-state index >= 15 is 0 Å². The molecule has 25 heavy (non-hydrogen) atoms. The van der Waals surface area contributed by atoms with E-state index in [-0.39, 0.29) is 18.5 Å². The third-order valence-electron chi connectivity index (χ3n) is 4.32. The van der Waals surface area contributed by atoms with Crippen molar-refractivity contribution in [3.8, 4) is 0 Å². The molecule has 2 aromatic rings. The van der Waals surface area contributed by atoms with E-state index in [1.807, 2.05) is 18.2 Å². The van der Waals surface area contributed by atoms with Crippen LogP contribution in [0.1, 0.15) is 22.8 Å². The molecule has 1 N–H and O–H groups in total. The minimum atomic E-state index is -0.478. The number of rotatable bonds is 4. The maximum Gasteiger partial charge on any atom is 0.337 e. The van der Waals surface area contributed by atoms with Gasteiger partial charge < -0.3 is 15.0 Å². The number of carbonyl (C=O) groups excluding carboxylic acids is 2. The lowest BCUT2D eigenvalue weighted by atomic mass is 10.1. The molecular weight excluding hydrogens is 340 g/mol. The van der Waals surface area contributed by atoms with Crippen LogP contribution in [0.2, 0.25) is 5.02 Å². The van der Waals surface area contributed by atoms with Gasteiger partial charge in [0.2, 0.25) is 5.91 Å². The first-order chi connectivity index (χ1) is 12.0. The maximum absolute atomic E-state index is 12.5. The topological polar surface area (TPSA) is 58.6 Å². The summed E-state index contributed by atoms with van der Waals surface area (Å²) in [4.78, 5) is 26.2. The zero-order chi connectivity index (χ0) is 18.0. The maximum atomic E-state index is 12.5.